The Balaban J connectivity index is 2.80. The van der Waals surface area contributed by atoms with E-state index >= 15 is 0 Å². The molecule has 4 nitrogen and oxygen atoms in total. The average molecular weight is 234 g/mol. The highest BCUT2D eigenvalue weighted by atomic mass is 16.5. The number of phenolic OH excluding ortho intramolecular Hbond substituents is 1. The lowest BCUT2D eigenvalue weighted by molar-refractivity contribution is 0.281. The maximum absolute atomic E-state index is 9.97. The lowest BCUT2D eigenvalue weighted by Gasteiger charge is -2.12. The van der Waals surface area contributed by atoms with Gasteiger partial charge in [0, 0.05) is 0 Å². The largest absolute Gasteiger partial charge is 0.507 e. The molecule has 0 aliphatic rings. The van der Waals surface area contributed by atoms with Crippen molar-refractivity contribution in [1.82, 2.24) is 0 Å². The molecule has 0 aromatic heterocycles. The fraction of sp³-hybridized carbons (Fsp3) is 0.231. The number of phenols is 1. The molecule has 0 heterocycles. The van der Waals surface area contributed by atoms with Crippen molar-refractivity contribution < 1.29 is 19.7 Å². The van der Waals surface area contributed by atoms with E-state index in [2.05, 4.69) is 0 Å². The van der Waals surface area contributed by atoms with E-state index in [0.717, 1.165) is 5.39 Å². The third kappa shape index (κ3) is 1.87. The number of fused-ring (bicyclic) bond motifs is 1. The Hall–Kier alpha value is -1.94. The molecular formula is C13H14O4. The first-order valence-corrected chi connectivity index (χ1v) is 5.18. The van der Waals surface area contributed by atoms with Crippen LogP contribution in [0.5, 0.6) is 17.2 Å². The zero-order valence-corrected chi connectivity index (χ0v) is 9.73. The topological polar surface area (TPSA) is 58.9 Å². The third-order valence-electron chi connectivity index (χ3n) is 2.68. The first-order chi connectivity index (χ1) is 8.21. The number of hydrogen-bond acceptors (Lipinski definition) is 4. The molecule has 0 amide bonds. The SMILES string of the molecule is COc1ccc2cc(CO)cc(O)c2c1OC. The van der Waals surface area contributed by atoms with E-state index in [0.29, 0.717) is 22.4 Å². The Bertz CT molecular complexity index is 549. The van der Waals surface area contributed by atoms with E-state index in [1.807, 2.05) is 6.07 Å². The van der Waals surface area contributed by atoms with Crippen molar-refractivity contribution >= 4 is 10.8 Å². The number of methoxy groups -OCH3 is 2. The summed E-state index contributed by atoms with van der Waals surface area (Å²) in [5, 5.41) is 20.4. The monoisotopic (exact) mass is 234 g/mol. The molecule has 2 N–H and O–H groups in total. The van der Waals surface area contributed by atoms with E-state index < -0.39 is 0 Å². The number of benzene rings is 2. The van der Waals surface area contributed by atoms with Crippen LogP contribution in [0.25, 0.3) is 10.8 Å². The Labute approximate surface area is 99.0 Å². The fourth-order valence-corrected chi connectivity index (χ4v) is 1.91. The van der Waals surface area contributed by atoms with Crippen molar-refractivity contribution in [3.05, 3.63) is 29.8 Å². The molecule has 0 radical (unpaired) electrons. The van der Waals surface area contributed by atoms with Gasteiger partial charge in [0.1, 0.15) is 5.75 Å². The van der Waals surface area contributed by atoms with Crippen molar-refractivity contribution in [1.29, 1.82) is 0 Å². The molecule has 0 unspecified atom stereocenters. The van der Waals surface area contributed by atoms with E-state index in [1.165, 1.54) is 13.2 Å². The van der Waals surface area contributed by atoms with Gasteiger partial charge in [-0.1, -0.05) is 6.07 Å². The summed E-state index contributed by atoms with van der Waals surface area (Å²) in [4.78, 5) is 0. The van der Waals surface area contributed by atoms with E-state index in [1.54, 1.807) is 19.2 Å². The second-order valence-corrected chi connectivity index (χ2v) is 3.67. The minimum atomic E-state index is -0.113. The molecule has 0 saturated carbocycles. The van der Waals surface area contributed by atoms with Crippen molar-refractivity contribution in [2.24, 2.45) is 0 Å². The number of aromatic hydroxyl groups is 1. The first-order valence-electron chi connectivity index (χ1n) is 5.18. The number of hydrogen-bond donors (Lipinski definition) is 2. The minimum Gasteiger partial charge on any atom is -0.507 e. The van der Waals surface area contributed by atoms with Crippen LogP contribution in [0.15, 0.2) is 24.3 Å². The van der Waals surface area contributed by atoms with Crippen molar-refractivity contribution in [3.63, 3.8) is 0 Å². The van der Waals surface area contributed by atoms with Gasteiger partial charge in [0.2, 0.25) is 0 Å². The lowest BCUT2D eigenvalue weighted by Crippen LogP contribution is -1.93. The van der Waals surface area contributed by atoms with Crippen LogP contribution in [0, 0.1) is 0 Å². The molecule has 4 heteroatoms. The number of rotatable bonds is 3. The van der Waals surface area contributed by atoms with Gasteiger partial charge in [-0.2, -0.15) is 0 Å². The molecule has 0 fully saturated rings. The molecule has 90 valence electrons. The molecule has 0 spiro atoms. The van der Waals surface area contributed by atoms with Gasteiger partial charge in [-0.05, 0) is 29.1 Å². The quantitative estimate of drug-likeness (QED) is 0.853. The molecule has 2 aromatic carbocycles. The van der Waals surface area contributed by atoms with Gasteiger partial charge in [-0.25, -0.2) is 0 Å². The molecule has 0 bridgehead atoms. The van der Waals surface area contributed by atoms with Crippen LogP contribution in [0.1, 0.15) is 5.56 Å². The van der Waals surface area contributed by atoms with Crippen molar-refractivity contribution in [3.8, 4) is 17.2 Å². The highest BCUT2D eigenvalue weighted by molar-refractivity contribution is 5.96. The van der Waals surface area contributed by atoms with E-state index in [-0.39, 0.29) is 12.4 Å². The van der Waals surface area contributed by atoms with Gasteiger partial charge in [-0.3, -0.25) is 0 Å². The lowest BCUT2D eigenvalue weighted by atomic mass is 10.0. The van der Waals surface area contributed by atoms with Gasteiger partial charge >= 0.3 is 0 Å². The molecule has 0 atom stereocenters. The third-order valence-corrected chi connectivity index (χ3v) is 2.68. The molecule has 2 rings (SSSR count). The average Bonchev–Trinajstić information content (AvgIpc) is 2.36. The zero-order valence-electron chi connectivity index (χ0n) is 9.73. The highest BCUT2D eigenvalue weighted by Crippen LogP contribution is 2.40. The van der Waals surface area contributed by atoms with Crippen LogP contribution in [0.4, 0.5) is 0 Å². The minimum absolute atomic E-state index is 0.0716. The van der Waals surface area contributed by atoms with E-state index in [4.69, 9.17) is 14.6 Å². The fourth-order valence-electron chi connectivity index (χ4n) is 1.91. The summed E-state index contributed by atoms with van der Waals surface area (Å²) < 4.78 is 10.4. The van der Waals surface area contributed by atoms with Crippen LogP contribution < -0.4 is 9.47 Å². The molecule has 2 aromatic rings. The maximum Gasteiger partial charge on any atom is 0.172 e. The number of aliphatic hydroxyl groups is 1. The van der Waals surface area contributed by atoms with Crippen LogP contribution in [-0.2, 0) is 6.61 Å². The Morgan fingerprint density at radius 1 is 1.12 bits per heavy atom. The summed E-state index contributed by atoms with van der Waals surface area (Å²) in [6.07, 6.45) is 0. The number of ether oxygens (including phenoxy) is 2. The Kier molecular flexibility index (Phi) is 3.06. The summed E-state index contributed by atoms with van der Waals surface area (Å²) in [7, 11) is 3.07. The summed E-state index contributed by atoms with van der Waals surface area (Å²) in [5.41, 5.74) is 0.655. The molecule has 17 heavy (non-hydrogen) atoms. The van der Waals surface area contributed by atoms with Crippen molar-refractivity contribution in [2.45, 2.75) is 6.61 Å². The smallest absolute Gasteiger partial charge is 0.172 e. The van der Waals surface area contributed by atoms with Gasteiger partial charge in [-0.15, -0.1) is 0 Å². The normalized spacial score (nSPS) is 10.5. The van der Waals surface area contributed by atoms with Crippen LogP contribution >= 0.6 is 0 Å². The Morgan fingerprint density at radius 2 is 1.88 bits per heavy atom. The van der Waals surface area contributed by atoms with Crippen molar-refractivity contribution in [2.75, 3.05) is 14.2 Å². The highest BCUT2D eigenvalue weighted by Gasteiger charge is 2.13. The molecule has 0 aliphatic heterocycles. The predicted molar refractivity (Wildman–Crippen MR) is 64.6 cm³/mol. The Morgan fingerprint density at radius 3 is 2.47 bits per heavy atom. The maximum atomic E-state index is 9.97. The second-order valence-electron chi connectivity index (χ2n) is 3.67. The second kappa shape index (κ2) is 4.51. The zero-order chi connectivity index (χ0) is 12.4. The van der Waals surface area contributed by atoms with Crippen LogP contribution in [-0.4, -0.2) is 24.4 Å². The molecule has 0 aliphatic carbocycles. The summed E-state index contributed by atoms with van der Waals surface area (Å²) >= 11 is 0. The standard InChI is InChI=1S/C13H14O4/c1-16-11-4-3-9-5-8(7-14)6-10(15)12(9)13(11)17-2/h3-6,14-15H,7H2,1-2H3. The van der Waals surface area contributed by atoms with Gasteiger partial charge in [0.15, 0.2) is 11.5 Å². The van der Waals surface area contributed by atoms with Gasteiger partial charge in [0.25, 0.3) is 0 Å². The molecule has 0 saturated heterocycles. The van der Waals surface area contributed by atoms with E-state index in [9.17, 15) is 5.11 Å². The predicted octanol–water partition coefficient (Wildman–Crippen LogP) is 2.05. The summed E-state index contributed by atoms with van der Waals surface area (Å²) in [5.74, 6) is 1.13. The van der Waals surface area contributed by atoms with Crippen LogP contribution in [0.3, 0.4) is 0 Å². The number of aliphatic hydroxyl groups excluding tert-OH is 1. The first kappa shape index (κ1) is 11.5. The van der Waals surface area contributed by atoms with Gasteiger partial charge < -0.3 is 19.7 Å². The summed E-state index contributed by atoms with van der Waals surface area (Å²) in [6.45, 7) is -0.113. The van der Waals surface area contributed by atoms with Gasteiger partial charge in [0.05, 0.1) is 26.2 Å². The molecular weight excluding hydrogens is 220 g/mol. The van der Waals surface area contributed by atoms with Crippen LogP contribution in [0.2, 0.25) is 0 Å². The summed E-state index contributed by atoms with van der Waals surface area (Å²) in [6, 6.07) is 6.90.